The first kappa shape index (κ1) is 10.5. The van der Waals surface area contributed by atoms with Crippen molar-refractivity contribution in [3.05, 3.63) is 48.0 Å². The van der Waals surface area contributed by atoms with Gasteiger partial charge in [-0.15, -0.1) is 6.58 Å². The summed E-state index contributed by atoms with van der Waals surface area (Å²) in [5, 5.41) is 11.9. The molecular weight excluding hydrogens is 178 g/mol. The Morgan fingerprint density at radius 1 is 1.50 bits per heavy atom. The van der Waals surface area contributed by atoms with E-state index in [2.05, 4.69) is 11.9 Å². The van der Waals surface area contributed by atoms with Gasteiger partial charge in [0.15, 0.2) is 0 Å². The van der Waals surface area contributed by atoms with Crippen LogP contribution in [0, 0.1) is 0 Å². The Kier molecular flexibility index (Phi) is 3.88. The lowest BCUT2D eigenvalue weighted by molar-refractivity contribution is 0.0695. The second kappa shape index (κ2) is 5.19. The number of carboxylic acid groups (broad SMARTS) is 1. The molecule has 0 heterocycles. The molecule has 14 heavy (non-hydrogen) atoms. The molecule has 1 aromatic rings. The lowest BCUT2D eigenvalue weighted by atomic mass is 10.1. The summed E-state index contributed by atoms with van der Waals surface area (Å²) in [6.07, 6.45) is 1.74. The molecule has 0 saturated heterocycles. The molecule has 1 rings (SSSR count). The number of hydrogen-bond donors (Lipinski definition) is 2. The Bertz CT molecular complexity index is 334. The van der Waals surface area contributed by atoms with Gasteiger partial charge in [0.1, 0.15) is 0 Å². The van der Waals surface area contributed by atoms with Gasteiger partial charge in [0.2, 0.25) is 0 Å². The van der Waals surface area contributed by atoms with Gasteiger partial charge in [-0.25, -0.2) is 4.79 Å². The van der Waals surface area contributed by atoms with Gasteiger partial charge in [0.05, 0.1) is 5.56 Å². The maximum atomic E-state index is 10.8. The number of nitrogens with one attached hydrogen (secondary N) is 1. The van der Waals surface area contributed by atoms with Crippen LogP contribution in [0.3, 0.4) is 0 Å². The Hall–Kier alpha value is -1.61. The van der Waals surface area contributed by atoms with E-state index < -0.39 is 5.97 Å². The van der Waals surface area contributed by atoms with Crippen molar-refractivity contribution in [2.75, 3.05) is 6.54 Å². The van der Waals surface area contributed by atoms with Gasteiger partial charge >= 0.3 is 5.97 Å². The third-order valence-electron chi connectivity index (χ3n) is 1.85. The third kappa shape index (κ3) is 2.71. The van der Waals surface area contributed by atoms with E-state index in [1.54, 1.807) is 24.3 Å². The Labute approximate surface area is 83.1 Å². The van der Waals surface area contributed by atoms with E-state index >= 15 is 0 Å². The smallest absolute Gasteiger partial charge is 0.336 e. The predicted octanol–water partition coefficient (Wildman–Crippen LogP) is 1.66. The largest absolute Gasteiger partial charge is 0.478 e. The van der Waals surface area contributed by atoms with E-state index in [-0.39, 0.29) is 0 Å². The number of rotatable bonds is 5. The summed E-state index contributed by atoms with van der Waals surface area (Å²) in [4.78, 5) is 10.8. The molecule has 0 aliphatic heterocycles. The molecule has 0 bridgehead atoms. The normalized spacial score (nSPS) is 9.71. The summed E-state index contributed by atoms with van der Waals surface area (Å²) >= 11 is 0. The molecule has 0 aromatic heterocycles. The van der Waals surface area contributed by atoms with Gasteiger partial charge in [-0.1, -0.05) is 24.3 Å². The van der Waals surface area contributed by atoms with Crippen molar-refractivity contribution in [2.45, 2.75) is 6.54 Å². The number of aromatic carboxylic acids is 1. The molecule has 0 amide bonds. The van der Waals surface area contributed by atoms with E-state index in [1.807, 2.05) is 6.07 Å². The fourth-order valence-electron chi connectivity index (χ4n) is 1.19. The summed E-state index contributed by atoms with van der Waals surface area (Å²) in [5.74, 6) is -0.888. The lowest BCUT2D eigenvalue weighted by Gasteiger charge is -2.05. The maximum Gasteiger partial charge on any atom is 0.336 e. The zero-order valence-corrected chi connectivity index (χ0v) is 7.86. The van der Waals surface area contributed by atoms with Crippen molar-refractivity contribution >= 4 is 5.97 Å². The Morgan fingerprint density at radius 3 is 2.86 bits per heavy atom. The van der Waals surface area contributed by atoms with E-state index in [0.29, 0.717) is 18.7 Å². The predicted molar refractivity (Wildman–Crippen MR) is 55.3 cm³/mol. The molecule has 2 N–H and O–H groups in total. The van der Waals surface area contributed by atoms with Gasteiger partial charge in [-0.2, -0.15) is 0 Å². The van der Waals surface area contributed by atoms with Gasteiger partial charge in [0.25, 0.3) is 0 Å². The summed E-state index contributed by atoms with van der Waals surface area (Å²) < 4.78 is 0. The van der Waals surface area contributed by atoms with Crippen molar-refractivity contribution in [1.29, 1.82) is 0 Å². The molecule has 74 valence electrons. The monoisotopic (exact) mass is 191 g/mol. The zero-order chi connectivity index (χ0) is 10.4. The molecular formula is C11H13NO2. The third-order valence-corrected chi connectivity index (χ3v) is 1.85. The van der Waals surface area contributed by atoms with E-state index in [4.69, 9.17) is 5.11 Å². The van der Waals surface area contributed by atoms with Crippen LogP contribution in [0.15, 0.2) is 36.9 Å². The molecule has 0 fully saturated rings. The first-order valence-corrected chi connectivity index (χ1v) is 4.38. The number of hydrogen-bond acceptors (Lipinski definition) is 2. The lowest BCUT2D eigenvalue weighted by Crippen LogP contribution is -2.15. The average molecular weight is 191 g/mol. The summed E-state index contributed by atoms with van der Waals surface area (Å²) in [6.45, 7) is 4.80. The highest BCUT2D eigenvalue weighted by molar-refractivity contribution is 5.89. The van der Waals surface area contributed by atoms with E-state index in [0.717, 1.165) is 5.56 Å². The van der Waals surface area contributed by atoms with Crippen LogP contribution in [-0.4, -0.2) is 17.6 Å². The summed E-state index contributed by atoms with van der Waals surface area (Å²) in [7, 11) is 0. The van der Waals surface area contributed by atoms with Crippen LogP contribution in [0.5, 0.6) is 0 Å². The number of carboxylic acids is 1. The van der Waals surface area contributed by atoms with Crippen LogP contribution in [-0.2, 0) is 6.54 Å². The molecule has 0 aliphatic carbocycles. The first-order chi connectivity index (χ1) is 6.75. The topological polar surface area (TPSA) is 49.3 Å². The van der Waals surface area contributed by atoms with Crippen molar-refractivity contribution in [3.63, 3.8) is 0 Å². The van der Waals surface area contributed by atoms with E-state index in [1.165, 1.54) is 0 Å². The average Bonchev–Trinajstić information content (AvgIpc) is 2.19. The van der Waals surface area contributed by atoms with Gasteiger partial charge in [-0.05, 0) is 11.6 Å². The van der Waals surface area contributed by atoms with Crippen molar-refractivity contribution in [3.8, 4) is 0 Å². The van der Waals surface area contributed by atoms with Gasteiger partial charge in [-0.3, -0.25) is 0 Å². The van der Waals surface area contributed by atoms with Crippen LogP contribution < -0.4 is 5.32 Å². The molecule has 0 aliphatic rings. The minimum atomic E-state index is -0.888. The summed E-state index contributed by atoms with van der Waals surface area (Å²) in [6, 6.07) is 6.96. The second-order valence-corrected chi connectivity index (χ2v) is 2.88. The van der Waals surface area contributed by atoms with Crippen molar-refractivity contribution < 1.29 is 9.90 Å². The molecule has 0 unspecified atom stereocenters. The van der Waals surface area contributed by atoms with Gasteiger partial charge < -0.3 is 10.4 Å². The highest BCUT2D eigenvalue weighted by Gasteiger charge is 2.07. The maximum absolute atomic E-state index is 10.8. The van der Waals surface area contributed by atoms with Crippen LogP contribution in [0.1, 0.15) is 15.9 Å². The standard InChI is InChI=1S/C11H13NO2/c1-2-7-12-8-9-5-3-4-6-10(9)11(13)14/h2-6,12H,1,7-8H2,(H,13,14). The summed E-state index contributed by atoms with van der Waals surface area (Å²) in [5.41, 5.74) is 1.14. The van der Waals surface area contributed by atoms with Crippen LogP contribution >= 0.6 is 0 Å². The number of carbonyl (C=O) groups is 1. The molecule has 0 radical (unpaired) electrons. The Balaban J connectivity index is 2.74. The molecule has 0 atom stereocenters. The number of benzene rings is 1. The quantitative estimate of drug-likeness (QED) is 0.549. The molecule has 3 heteroatoms. The minimum absolute atomic E-state index is 0.351. The zero-order valence-electron chi connectivity index (χ0n) is 7.86. The molecule has 0 saturated carbocycles. The fraction of sp³-hybridized carbons (Fsp3) is 0.182. The van der Waals surface area contributed by atoms with Crippen LogP contribution in [0.2, 0.25) is 0 Å². The van der Waals surface area contributed by atoms with Crippen molar-refractivity contribution in [2.24, 2.45) is 0 Å². The van der Waals surface area contributed by atoms with E-state index in [9.17, 15) is 4.79 Å². The molecule has 3 nitrogen and oxygen atoms in total. The second-order valence-electron chi connectivity index (χ2n) is 2.88. The fourth-order valence-corrected chi connectivity index (χ4v) is 1.19. The molecule has 1 aromatic carbocycles. The molecule has 0 spiro atoms. The minimum Gasteiger partial charge on any atom is -0.478 e. The Morgan fingerprint density at radius 2 is 2.21 bits per heavy atom. The highest BCUT2D eigenvalue weighted by Crippen LogP contribution is 2.07. The SMILES string of the molecule is C=CCNCc1ccccc1C(=O)O. The van der Waals surface area contributed by atoms with Gasteiger partial charge in [0, 0.05) is 13.1 Å². The van der Waals surface area contributed by atoms with Crippen molar-refractivity contribution in [1.82, 2.24) is 5.32 Å². The highest BCUT2D eigenvalue weighted by atomic mass is 16.4. The first-order valence-electron chi connectivity index (χ1n) is 4.38. The van der Waals surface area contributed by atoms with Crippen LogP contribution in [0.25, 0.3) is 0 Å². The van der Waals surface area contributed by atoms with Crippen LogP contribution in [0.4, 0.5) is 0 Å².